The Kier molecular flexibility index (Phi) is 5.81. The number of hydrogen-bond acceptors (Lipinski definition) is 4. The zero-order valence-electron chi connectivity index (χ0n) is 16.3. The van der Waals surface area contributed by atoms with Crippen molar-refractivity contribution in [3.05, 3.63) is 53.1 Å². The lowest BCUT2D eigenvalue weighted by Gasteiger charge is -2.18. The molecule has 2 aromatic rings. The Balaban J connectivity index is 1.51. The quantitative estimate of drug-likeness (QED) is 0.759. The van der Waals surface area contributed by atoms with Crippen LogP contribution in [0, 0.1) is 0 Å². The van der Waals surface area contributed by atoms with Gasteiger partial charge >= 0.3 is 0 Å². The van der Waals surface area contributed by atoms with Crippen LogP contribution >= 0.6 is 11.6 Å². The normalized spacial score (nSPS) is 17.5. The molecule has 0 atom stereocenters. The summed E-state index contributed by atoms with van der Waals surface area (Å²) in [5, 5.41) is 3.10. The summed E-state index contributed by atoms with van der Waals surface area (Å²) in [6.45, 7) is 1.69. The Hall–Kier alpha value is -2.42. The minimum atomic E-state index is -3.52. The number of hydrogen-bond donors (Lipinski definition) is 1. The van der Waals surface area contributed by atoms with Gasteiger partial charge in [-0.25, -0.2) is 8.42 Å². The first kappa shape index (κ1) is 20.8. The van der Waals surface area contributed by atoms with Crippen LogP contribution in [0.15, 0.2) is 47.4 Å². The minimum Gasteiger partial charge on any atom is -0.321 e. The van der Waals surface area contributed by atoms with Crippen LogP contribution in [0.25, 0.3) is 0 Å². The van der Waals surface area contributed by atoms with Crippen LogP contribution in [-0.4, -0.2) is 44.2 Å². The Morgan fingerprint density at radius 1 is 0.967 bits per heavy atom. The van der Waals surface area contributed by atoms with Crippen LogP contribution in [0.4, 0.5) is 11.4 Å². The maximum absolute atomic E-state index is 12.7. The van der Waals surface area contributed by atoms with Crippen LogP contribution < -0.4 is 10.2 Å². The summed E-state index contributed by atoms with van der Waals surface area (Å²) in [7, 11) is -3.52. The van der Waals surface area contributed by atoms with Crippen molar-refractivity contribution in [1.29, 1.82) is 0 Å². The maximum atomic E-state index is 12.7. The molecule has 0 radical (unpaired) electrons. The summed E-state index contributed by atoms with van der Waals surface area (Å²) in [6, 6.07) is 10.9. The van der Waals surface area contributed by atoms with Crippen LogP contribution in [-0.2, 0) is 14.8 Å². The molecule has 0 bridgehead atoms. The molecule has 0 aliphatic carbocycles. The fourth-order valence-electron chi connectivity index (χ4n) is 3.75. The third-order valence-corrected chi connectivity index (χ3v) is 7.65. The predicted molar refractivity (Wildman–Crippen MR) is 115 cm³/mol. The maximum Gasteiger partial charge on any atom is 0.255 e. The molecular formula is C21H22ClN3O4S. The van der Waals surface area contributed by atoms with Crippen molar-refractivity contribution >= 4 is 44.8 Å². The van der Waals surface area contributed by atoms with E-state index in [0.29, 0.717) is 48.0 Å². The molecule has 30 heavy (non-hydrogen) atoms. The van der Waals surface area contributed by atoms with Gasteiger partial charge < -0.3 is 10.2 Å². The van der Waals surface area contributed by atoms with E-state index in [1.807, 2.05) is 0 Å². The standard InChI is InChI=1S/C21H22ClN3O4S/c22-18-10-7-16(25-13-3-4-20(25)26)14-19(18)23-21(27)15-5-8-17(9-6-15)30(28,29)24-11-1-2-12-24/h5-10,14H,1-4,11-13H2,(H,23,27). The lowest BCUT2D eigenvalue weighted by Crippen LogP contribution is -2.27. The molecule has 158 valence electrons. The third-order valence-electron chi connectivity index (χ3n) is 5.40. The molecule has 2 saturated heterocycles. The van der Waals surface area contributed by atoms with E-state index >= 15 is 0 Å². The molecule has 0 unspecified atom stereocenters. The van der Waals surface area contributed by atoms with Crippen molar-refractivity contribution in [2.45, 2.75) is 30.6 Å². The molecule has 4 rings (SSSR count). The second-order valence-electron chi connectivity index (χ2n) is 7.40. The van der Waals surface area contributed by atoms with Gasteiger partial charge in [0, 0.05) is 37.3 Å². The van der Waals surface area contributed by atoms with E-state index in [1.54, 1.807) is 23.1 Å². The number of nitrogens with zero attached hydrogens (tertiary/aromatic N) is 2. The zero-order chi connectivity index (χ0) is 21.3. The highest BCUT2D eigenvalue weighted by molar-refractivity contribution is 7.89. The summed E-state index contributed by atoms with van der Waals surface area (Å²) in [4.78, 5) is 26.5. The summed E-state index contributed by atoms with van der Waals surface area (Å²) in [5.41, 5.74) is 1.39. The number of carbonyl (C=O) groups excluding carboxylic acids is 2. The predicted octanol–water partition coefficient (Wildman–Crippen LogP) is 3.50. The van der Waals surface area contributed by atoms with Crippen molar-refractivity contribution in [2.75, 3.05) is 29.9 Å². The number of benzene rings is 2. The molecule has 2 aliphatic heterocycles. The van der Waals surface area contributed by atoms with Crippen molar-refractivity contribution in [1.82, 2.24) is 4.31 Å². The number of sulfonamides is 1. The summed E-state index contributed by atoms with van der Waals surface area (Å²) in [5.74, 6) is -0.365. The SMILES string of the molecule is O=C(Nc1cc(N2CCCC2=O)ccc1Cl)c1ccc(S(=O)(=O)N2CCCC2)cc1. The van der Waals surface area contributed by atoms with Gasteiger partial charge in [0.05, 0.1) is 15.6 Å². The van der Waals surface area contributed by atoms with E-state index < -0.39 is 15.9 Å². The molecule has 7 nitrogen and oxygen atoms in total. The van der Waals surface area contributed by atoms with Gasteiger partial charge in [-0.2, -0.15) is 4.31 Å². The van der Waals surface area contributed by atoms with Crippen LogP contribution in [0.3, 0.4) is 0 Å². The number of amides is 2. The summed E-state index contributed by atoms with van der Waals surface area (Å²) < 4.78 is 26.7. The lowest BCUT2D eigenvalue weighted by molar-refractivity contribution is -0.117. The van der Waals surface area contributed by atoms with E-state index in [-0.39, 0.29) is 10.8 Å². The lowest BCUT2D eigenvalue weighted by atomic mass is 10.2. The van der Waals surface area contributed by atoms with E-state index in [9.17, 15) is 18.0 Å². The van der Waals surface area contributed by atoms with Gasteiger partial charge in [0.15, 0.2) is 0 Å². The highest BCUT2D eigenvalue weighted by Gasteiger charge is 2.27. The smallest absolute Gasteiger partial charge is 0.255 e. The second-order valence-corrected chi connectivity index (χ2v) is 9.75. The van der Waals surface area contributed by atoms with E-state index in [0.717, 1.165) is 19.3 Å². The Bertz CT molecular complexity index is 1080. The Morgan fingerprint density at radius 3 is 2.30 bits per heavy atom. The van der Waals surface area contributed by atoms with Crippen molar-refractivity contribution in [2.24, 2.45) is 0 Å². The molecule has 2 fully saturated rings. The van der Waals surface area contributed by atoms with Gasteiger partial charge in [0.25, 0.3) is 5.91 Å². The third kappa shape index (κ3) is 4.08. The zero-order valence-corrected chi connectivity index (χ0v) is 17.9. The van der Waals surface area contributed by atoms with Crippen LogP contribution in [0.1, 0.15) is 36.0 Å². The topological polar surface area (TPSA) is 86.8 Å². The van der Waals surface area contributed by atoms with Crippen LogP contribution in [0.5, 0.6) is 0 Å². The number of halogens is 1. The number of rotatable bonds is 5. The van der Waals surface area contributed by atoms with E-state index in [4.69, 9.17) is 11.6 Å². The highest BCUT2D eigenvalue weighted by Crippen LogP contribution is 2.30. The number of carbonyl (C=O) groups is 2. The van der Waals surface area contributed by atoms with Crippen molar-refractivity contribution in [3.63, 3.8) is 0 Å². The Labute approximate surface area is 180 Å². The molecule has 0 spiro atoms. The monoisotopic (exact) mass is 447 g/mol. The first-order valence-corrected chi connectivity index (χ1v) is 11.7. The van der Waals surface area contributed by atoms with Gasteiger partial charge in [-0.05, 0) is 61.7 Å². The van der Waals surface area contributed by atoms with E-state index in [1.165, 1.54) is 28.6 Å². The molecule has 2 aliphatic rings. The molecule has 2 aromatic carbocycles. The second kappa shape index (κ2) is 8.37. The van der Waals surface area contributed by atoms with E-state index in [2.05, 4.69) is 5.32 Å². The van der Waals surface area contributed by atoms with Gasteiger partial charge in [-0.1, -0.05) is 11.6 Å². The first-order valence-electron chi connectivity index (χ1n) is 9.88. The first-order chi connectivity index (χ1) is 14.4. The molecule has 9 heteroatoms. The molecular weight excluding hydrogens is 426 g/mol. The van der Waals surface area contributed by atoms with Crippen molar-refractivity contribution in [3.8, 4) is 0 Å². The van der Waals surface area contributed by atoms with Gasteiger partial charge in [0.2, 0.25) is 15.9 Å². The molecule has 2 heterocycles. The Morgan fingerprint density at radius 2 is 1.67 bits per heavy atom. The van der Waals surface area contributed by atoms with Gasteiger partial charge in [-0.3, -0.25) is 9.59 Å². The average molecular weight is 448 g/mol. The molecule has 1 N–H and O–H groups in total. The molecule has 0 aromatic heterocycles. The summed E-state index contributed by atoms with van der Waals surface area (Å²) in [6.07, 6.45) is 3.04. The highest BCUT2D eigenvalue weighted by atomic mass is 35.5. The van der Waals surface area contributed by atoms with Gasteiger partial charge in [0.1, 0.15) is 0 Å². The van der Waals surface area contributed by atoms with Crippen molar-refractivity contribution < 1.29 is 18.0 Å². The molecule has 2 amide bonds. The fourth-order valence-corrected chi connectivity index (χ4v) is 5.43. The van der Waals surface area contributed by atoms with Gasteiger partial charge in [-0.15, -0.1) is 0 Å². The fraction of sp³-hybridized carbons (Fsp3) is 0.333. The molecule has 0 saturated carbocycles. The summed E-state index contributed by atoms with van der Waals surface area (Å²) >= 11 is 6.23. The number of anilines is 2. The average Bonchev–Trinajstić information content (AvgIpc) is 3.42. The number of nitrogens with one attached hydrogen (secondary N) is 1. The minimum absolute atomic E-state index is 0.0457. The van der Waals surface area contributed by atoms with Crippen LogP contribution in [0.2, 0.25) is 5.02 Å². The largest absolute Gasteiger partial charge is 0.321 e.